The molecule has 0 unspecified atom stereocenters. The number of aryl methyl sites for hydroxylation is 1. The van der Waals surface area contributed by atoms with Crippen LogP contribution in [0.4, 0.5) is 0 Å². The van der Waals surface area contributed by atoms with Crippen molar-refractivity contribution >= 4 is 5.97 Å². The summed E-state index contributed by atoms with van der Waals surface area (Å²) in [6.07, 6.45) is 5.34. The zero-order valence-corrected chi connectivity index (χ0v) is 15.8. The van der Waals surface area contributed by atoms with Gasteiger partial charge in [0.15, 0.2) is 0 Å². The quantitative estimate of drug-likeness (QED) is 0.807. The predicted octanol–water partition coefficient (Wildman–Crippen LogP) is 3.21. The van der Waals surface area contributed by atoms with E-state index in [1.54, 1.807) is 13.3 Å². The average molecular weight is 370 g/mol. The summed E-state index contributed by atoms with van der Waals surface area (Å²) in [5, 5.41) is 9.80. The maximum absolute atomic E-state index is 11.9. The highest BCUT2D eigenvalue weighted by molar-refractivity contribution is 5.75. The van der Waals surface area contributed by atoms with Crippen LogP contribution in [0.3, 0.4) is 0 Å². The molecule has 1 atom stereocenters. The number of benzene rings is 1. The number of likely N-dealkylation sites (tertiary alicyclic amines) is 1. The van der Waals surface area contributed by atoms with Gasteiger partial charge in [0, 0.05) is 25.5 Å². The van der Waals surface area contributed by atoms with Crippen molar-refractivity contribution in [2.24, 2.45) is 0 Å². The van der Waals surface area contributed by atoms with Gasteiger partial charge in [0.2, 0.25) is 0 Å². The number of hydrogen-bond acceptors (Lipinski definition) is 5. The minimum absolute atomic E-state index is 0.147. The van der Waals surface area contributed by atoms with E-state index < -0.39 is 12.0 Å². The Morgan fingerprint density at radius 1 is 1.33 bits per heavy atom. The number of hydrogen-bond donors (Lipinski definition) is 1. The van der Waals surface area contributed by atoms with Crippen LogP contribution >= 0.6 is 0 Å². The summed E-state index contributed by atoms with van der Waals surface area (Å²) >= 11 is 0. The Hall–Kier alpha value is -2.44. The fourth-order valence-corrected chi connectivity index (χ4v) is 3.58. The summed E-state index contributed by atoms with van der Waals surface area (Å²) < 4.78 is 11.3. The van der Waals surface area contributed by atoms with Gasteiger partial charge in [0.1, 0.15) is 11.8 Å². The van der Waals surface area contributed by atoms with E-state index in [9.17, 15) is 9.90 Å². The first-order valence-electron chi connectivity index (χ1n) is 9.20. The van der Waals surface area contributed by atoms with Gasteiger partial charge in [-0.3, -0.25) is 14.7 Å². The lowest BCUT2D eigenvalue weighted by molar-refractivity contribution is -0.145. The van der Waals surface area contributed by atoms with Crippen molar-refractivity contribution in [2.75, 3.05) is 20.2 Å². The number of aromatic nitrogens is 1. The number of carbonyl (C=O) groups is 1. The molecule has 1 aliphatic heterocycles. The van der Waals surface area contributed by atoms with E-state index in [1.807, 2.05) is 48.4 Å². The van der Waals surface area contributed by atoms with Gasteiger partial charge in [0.25, 0.3) is 0 Å². The number of piperidine rings is 1. The predicted molar refractivity (Wildman–Crippen MR) is 102 cm³/mol. The Morgan fingerprint density at radius 3 is 2.70 bits per heavy atom. The fraction of sp³-hybridized carbons (Fsp3) is 0.429. The standard InChI is InChI=1S/C21H26N2O4/c1-15-12-17(5-6-19(15)26-2)20(21(24)25)23-10-7-18(8-11-23)27-14-16-4-3-9-22-13-16/h3-6,9,12-13,18,20H,7-8,10-11,14H2,1-2H3,(H,24,25)/t20-/m0/s1. The molecule has 6 heteroatoms. The second kappa shape index (κ2) is 8.97. The summed E-state index contributed by atoms with van der Waals surface area (Å²) in [6, 6.07) is 8.83. The molecule has 0 aliphatic carbocycles. The molecule has 6 nitrogen and oxygen atoms in total. The molecule has 1 aromatic heterocycles. The molecule has 1 fully saturated rings. The molecule has 2 heterocycles. The molecule has 0 spiro atoms. The highest BCUT2D eigenvalue weighted by Crippen LogP contribution is 2.29. The summed E-state index contributed by atoms with van der Waals surface area (Å²) in [4.78, 5) is 18.1. The number of methoxy groups -OCH3 is 1. The number of carboxylic acids is 1. The van der Waals surface area contributed by atoms with Gasteiger partial charge in [-0.2, -0.15) is 0 Å². The van der Waals surface area contributed by atoms with Gasteiger partial charge in [-0.25, -0.2) is 0 Å². The third-order valence-corrected chi connectivity index (χ3v) is 5.02. The lowest BCUT2D eigenvalue weighted by Crippen LogP contribution is -2.42. The summed E-state index contributed by atoms with van der Waals surface area (Å²) in [5.41, 5.74) is 2.78. The Labute approximate surface area is 159 Å². The molecule has 144 valence electrons. The monoisotopic (exact) mass is 370 g/mol. The molecular weight excluding hydrogens is 344 g/mol. The van der Waals surface area contributed by atoms with Gasteiger partial charge >= 0.3 is 5.97 Å². The third-order valence-electron chi connectivity index (χ3n) is 5.02. The Bertz CT molecular complexity index is 758. The van der Waals surface area contributed by atoms with Crippen LogP contribution in [-0.4, -0.2) is 47.3 Å². The van der Waals surface area contributed by atoms with Crippen molar-refractivity contribution in [3.05, 3.63) is 59.4 Å². The van der Waals surface area contributed by atoms with E-state index in [0.717, 1.165) is 35.3 Å². The fourth-order valence-electron chi connectivity index (χ4n) is 3.58. The first kappa shape index (κ1) is 19.3. The Balaban J connectivity index is 1.60. The minimum atomic E-state index is -0.825. The normalized spacial score (nSPS) is 16.8. The van der Waals surface area contributed by atoms with Crippen LogP contribution in [0, 0.1) is 6.92 Å². The van der Waals surface area contributed by atoms with Crippen LogP contribution in [0.15, 0.2) is 42.7 Å². The minimum Gasteiger partial charge on any atom is -0.496 e. The zero-order valence-electron chi connectivity index (χ0n) is 15.8. The topological polar surface area (TPSA) is 71.9 Å². The number of aliphatic carboxylic acids is 1. The van der Waals surface area contributed by atoms with E-state index in [-0.39, 0.29) is 6.10 Å². The largest absolute Gasteiger partial charge is 0.496 e. The van der Waals surface area contributed by atoms with Crippen molar-refractivity contribution < 1.29 is 19.4 Å². The van der Waals surface area contributed by atoms with Gasteiger partial charge in [-0.05, 0) is 48.6 Å². The van der Waals surface area contributed by atoms with Crippen LogP contribution < -0.4 is 4.74 Å². The van der Waals surface area contributed by atoms with E-state index in [1.165, 1.54) is 0 Å². The summed E-state index contributed by atoms with van der Waals surface area (Å²) in [6.45, 7) is 3.86. The average Bonchev–Trinajstić information content (AvgIpc) is 2.68. The Morgan fingerprint density at radius 2 is 2.11 bits per heavy atom. The van der Waals surface area contributed by atoms with Crippen molar-refractivity contribution in [1.29, 1.82) is 0 Å². The molecule has 3 rings (SSSR count). The van der Waals surface area contributed by atoms with Crippen molar-refractivity contribution in [2.45, 2.75) is 38.5 Å². The first-order chi connectivity index (χ1) is 13.1. The Kier molecular flexibility index (Phi) is 6.42. The molecule has 0 amide bonds. The number of rotatable bonds is 7. The van der Waals surface area contributed by atoms with Crippen LogP contribution in [-0.2, 0) is 16.1 Å². The molecule has 1 aromatic carbocycles. The van der Waals surface area contributed by atoms with E-state index >= 15 is 0 Å². The molecule has 0 saturated carbocycles. The number of carboxylic acid groups (broad SMARTS) is 1. The smallest absolute Gasteiger partial charge is 0.325 e. The highest BCUT2D eigenvalue weighted by atomic mass is 16.5. The van der Waals surface area contributed by atoms with E-state index in [4.69, 9.17) is 9.47 Å². The molecule has 0 bridgehead atoms. The van der Waals surface area contributed by atoms with Crippen molar-refractivity contribution in [3.8, 4) is 5.75 Å². The first-order valence-corrected chi connectivity index (χ1v) is 9.20. The summed E-state index contributed by atoms with van der Waals surface area (Å²) in [5.74, 6) is -0.0558. The molecule has 1 N–H and O–H groups in total. The number of pyridine rings is 1. The van der Waals surface area contributed by atoms with Gasteiger partial charge in [-0.1, -0.05) is 18.2 Å². The van der Waals surface area contributed by atoms with Gasteiger partial charge in [0.05, 0.1) is 19.8 Å². The van der Waals surface area contributed by atoms with Gasteiger partial charge < -0.3 is 14.6 Å². The summed E-state index contributed by atoms with van der Waals surface area (Å²) in [7, 11) is 1.62. The van der Waals surface area contributed by atoms with E-state index in [2.05, 4.69) is 4.98 Å². The van der Waals surface area contributed by atoms with Crippen LogP contribution in [0.5, 0.6) is 5.75 Å². The SMILES string of the molecule is COc1ccc([C@@H](C(=O)O)N2CCC(OCc3cccnc3)CC2)cc1C. The lowest BCUT2D eigenvalue weighted by Gasteiger charge is -2.35. The third kappa shape index (κ3) is 4.84. The van der Waals surface area contributed by atoms with Crippen LogP contribution in [0.25, 0.3) is 0 Å². The zero-order chi connectivity index (χ0) is 19.2. The van der Waals surface area contributed by atoms with Crippen molar-refractivity contribution in [3.63, 3.8) is 0 Å². The second-order valence-corrected chi connectivity index (χ2v) is 6.88. The van der Waals surface area contributed by atoms with E-state index in [0.29, 0.717) is 19.7 Å². The lowest BCUT2D eigenvalue weighted by atomic mass is 9.99. The molecule has 27 heavy (non-hydrogen) atoms. The number of nitrogens with zero attached hydrogens (tertiary/aromatic N) is 2. The number of ether oxygens (including phenoxy) is 2. The maximum Gasteiger partial charge on any atom is 0.325 e. The highest BCUT2D eigenvalue weighted by Gasteiger charge is 2.31. The van der Waals surface area contributed by atoms with Crippen molar-refractivity contribution in [1.82, 2.24) is 9.88 Å². The molecule has 2 aromatic rings. The molecule has 1 saturated heterocycles. The van der Waals surface area contributed by atoms with Crippen LogP contribution in [0.2, 0.25) is 0 Å². The molecular formula is C21H26N2O4. The van der Waals surface area contributed by atoms with Crippen LogP contribution in [0.1, 0.15) is 35.6 Å². The van der Waals surface area contributed by atoms with Gasteiger partial charge in [-0.15, -0.1) is 0 Å². The molecule has 1 aliphatic rings. The second-order valence-electron chi connectivity index (χ2n) is 6.88. The molecule has 0 radical (unpaired) electrons. The maximum atomic E-state index is 11.9.